The summed E-state index contributed by atoms with van der Waals surface area (Å²) in [7, 11) is -3.58. The van der Waals surface area contributed by atoms with Crippen molar-refractivity contribution in [2.24, 2.45) is 0 Å². The van der Waals surface area contributed by atoms with Gasteiger partial charge in [-0.2, -0.15) is 0 Å². The Morgan fingerprint density at radius 3 is 2.05 bits per heavy atom. The number of phosphoric ester groups is 1. The molecule has 0 atom stereocenters. The zero-order valence-corrected chi connectivity index (χ0v) is 14.2. The molecule has 0 saturated carbocycles. The van der Waals surface area contributed by atoms with Gasteiger partial charge in [0.1, 0.15) is 0 Å². The van der Waals surface area contributed by atoms with Crippen molar-refractivity contribution >= 4 is 19.6 Å². The van der Waals surface area contributed by atoms with E-state index in [-0.39, 0.29) is 23.7 Å². The highest BCUT2D eigenvalue weighted by Gasteiger charge is 2.27. The van der Waals surface area contributed by atoms with Crippen LogP contribution in [-0.2, 0) is 13.6 Å². The van der Waals surface area contributed by atoms with Gasteiger partial charge >= 0.3 is 7.82 Å². The van der Waals surface area contributed by atoms with Crippen molar-refractivity contribution in [1.29, 1.82) is 0 Å². The van der Waals surface area contributed by atoms with E-state index in [0.717, 1.165) is 0 Å². The van der Waals surface area contributed by atoms with Crippen LogP contribution in [0.3, 0.4) is 0 Å². The van der Waals surface area contributed by atoms with Gasteiger partial charge < -0.3 is 4.52 Å². The van der Waals surface area contributed by atoms with E-state index in [4.69, 9.17) is 13.6 Å². The van der Waals surface area contributed by atoms with Crippen LogP contribution in [0.1, 0.15) is 34.6 Å². The molecule has 0 aliphatic carbocycles. The summed E-state index contributed by atoms with van der Waals surface area (Å²) in [6, 6.07) is 0. The van der Waals surface area contributed by atoms with E-state index in [9.17, 15) is 4.57 Å². The van der Waals surface area contributed by atoms with Gasteiger partial charge in [-0.1, -0.05) is 32.5 Å². The van der Waals surface area contributed by atoms with Gasteiger partial charge in [-0.25, -0.2) is 14.5 Å². The smallest absolute Gasteiger partial charge is 0.401 e. The van der Waals surface area contributed by atoms with Crippen LogP contribution in [-0.4, -0.2) is 27.9 Å². The molecule has 6 nitrogen and oxygen atoms in total. The van der Waals surface area contributed by atoms with Crippen molar-refractivity contribution in [3.63, 3.8) is 0 Å². The summed E-state index contributed by atoms with van der Waals surface area (Å²) in [6.07, 6.45) is 2.93. The summed E-state index contributed by atoms with van der Waals surface area (Å²) in [5, 5.41) is 0.632. The fourth-order valence-corrected chi connectivity index (χ4v) is 3.14. The average molecular weight is 320 g/mol. The molecule has 0 saturated heterocycles. The van der Waals surface area contributed by atoms with Crippen molar-refractivity contribution in [3.05, 3.63) is 12.4 Å². The number of nitrogens with zero attached hydrogens (tertiary/aromatic N) is 2. The predicted molar refractivity (Wildman–Crippen MR) is 79.1 cm³/mol. The van der Waals surface area contributed by atoms with Gasteiger partial charge in [0.25, 0.3) is 0 Å². The third-order valence-electron chi connectivity index (χ3n) is 1.79. The second-order valence-corrected chi connectivity index (χ2v) is 8.18. The molecular weight excluding hydrogens is 299 g/mol. The Bertz CT molecular complexity index is 452. The van der Waals surface area contributed by atoms with Crippen LogP contribution in [0.15, 0.2) is 17.6 Å². The average Bonchev–Trinajstić information content (AvgIpc) is 2.30. The highest BCUT2D eigenvalue weighted by atomic mass is 32.2. The lowest BCUT2D eigenvalue weighted by Crippen LogP contribution is -2.08. The first-order valence-corrected chi connectivity index (χ1v) is 8.65. The second kappa shape index (κ2) is 7.41. The van der Waals surface area contributed by atoms with Gasteiger partial charge in [0, 0.05) is 4.75 Å². The monoisotopic (exact) mass is 320 g/mol. The Hall–Kier alpha value is -0.620. The minimum atomic E-state index is -3.58. The molecule has 0 spiro atoms. The number of hydrogen-bond donors (Lipinski definition) is 0. The summed E-state index contributed by atoms with van der Waals surface area (Å²) in [4.78, 5) is 8.33. The van der Waals surface area contributed by atoms with Crippen LogP contribution in [0.25, 0.3) is 0 Å². The first-order valence-electron chi connectivity index (χ1n) is 6.38. The lowest BCUT2D eigenvalue weighted by Gasteiger charge is -2.17. The van der Waals surface area contributed by atoms with Crippen molar-refractivity contribution in [2.45, 2.75) is 44.5 Å². The molecule has 1 aromatic heterocycles. The van der Waals surface area contributed by atoms with Crippen LogP contribution in [0, 0.1) is 0 Å². The van der Waals surface area contributed by atoms with Crippen LogP contribution >= 0.6 is 19.6 Å². The van der Waals surface area contributed by atoms with Gasteiger partial charge in [0.2, 0.25) is 0 Å². The molecule has 1 heterocycles. The van der Waals surface area contributed by atoms with Crippen molar-refractivity contribution in [2.75, 3.05) is 13.2 Å². The van der Waals surface area contributed by atoms with Crippen molar-refractivity contribution < 1.29 is 18.1 Å². The lowest BCUT2D eigenvalue weighted by molar-refractivity contribution is 0.167. The highest BCUT2D eigenvalue weighted by Crippen LogP contribution is 2.49. The van der Waals surface area contributed by atoms with Crippen molar-refractivity contribution in [1.82, 2.24) is 9.97 Å². The molecule has 0 fully saturated rings. The summed E-state index contributed by atoms with van der Waals surface area (Å²) in [5.41, 5.74) is 0. The SMILES string of the molecule is CCOP(=O)(OCC)Oc1cnc(SC(C)(C)C)nc1. The fourth-order valence-electron chi connectivity index (χ4n) is 1.21. The van der Waals surface area contributed by atoms with Gasteiger partial charge in [-0.15, -0.1) is 0 Å². The molecule has 1 rings (SSSR count). The molecule has 0 N–H and O–H groups in total. The molecule has 1 aromatic rings. The first-order chi connectivity index (χ1) is 9.28. The zero-order valence-electron chi connectivity index (χ0n) is 12.5. The minimum absolute atomic E-state index is 0.0221. The molecule has 20 heavy (non-hydrogen) atoms. The Balaban J connectivity index is 2.75. The number of hydrogen-bond acceptors (Lipinski definition) is 7. The highest BCUT2D eigenvalue weighted by molar-refractivity contribution is 8.00. The summed E-state index contributed by atoms with van der Waals surface area (Å²) in [6.45, 7) is 10.1. The standard InChI is InChI=1S/C12H21N2O4PS/c1-6-16-19(15,17-7-2)18-10-8-13-11(14-9-10)20-12(3,4)5/h8-9H,6-7H2,1-5H3. The van der Waals surface area contributed by atoms with E-state index in [1.54, 1.807) is 13.8 Å². The molecule has 0 aliphatic rings. The maximum atomic E-state index is 12.2. The van der Waals surface area contributed by atoms with Crippen LogP contribution in [0.5, 0.6) is 5.75 Å². The van der Waals surface area contributed by atoms with E-state index in [1.807, 2.05) is 0 Å². The molecule has 0 bridgehead atoms. The largest absolute Gasteiger partial charge is 0.530 e. The second-order valence-electron chi connectivity index (χ2n) is 4.79. The van der Waals surface area contributed by atoms with E-state index in [0.29, 0.717) is 5.16 Å². The van der Waals surface area contributed by atoms with Gasteiger partial charge in [-0.3, -0.25) is 9.05 Å². The van der Waals surface area contributed by atoms with Gasteiger partial charge in [0.05, 0.1) is 25.6 Å². The van der Waals surface area contributed by atoms with E-state index in [1.165, 1.54) is 24.2 Å². The van der Waals surface area contributed by atoms with Gasteiger partial charge in [0.15, 0.2) is 10.9 Å². The molecule has 0 radical (unpaired) electrons. The van der Waals surface area contributed by atoms with Crippen LogP contribution in [0.2, 0.25) is 0 Å². The lowest BCUT2D eigenvalue weighted by atomic mass is 10.3. The quantitative estimate of drug-likeness (QED) is 0.428. The third-order valence-corrected chi connectivity index (χ3v) is 4.38. The fraction of sp³-hybridized carbons (Fsp3) is 0.667. The topological polar surface area (TPSA) is 70.5 Å². The molecule has 0 unspecified atom stereocenters. The summed E-state index contributed by atoms with van der Waals surface area (Å²) >= 11 is 1.54. The number of phosphoric acid groups is 1. The maximum Gasteiger partial charge on any atom is 0.530 e. The zero-order chi connectivity index (χ0) is 15.2. The molecule has 114 valence electrons. The normalized spacial score (nSPS) is 12.4. The van der Waals surface area contributed by atoms with Crippen molar-refractivity contribution in [3.8, 4) is 5.75 Å². The number of rotatable bonds is 7. The molecule has 0 aliphatic heterocycles. The Kier molecular flexibility index (Phi) is 6.45. The Morgan fingerprint density at radius 2 is 1.65 bits per heavy atom. The molecular formula is C12H21N2O4PS. The molecule has 8 heteroatoms. The van der Waals surface area contributed by atoms with Crippen LogP contribution in [0.4, 0.5) is 0 Å². The van der Waals surface area contributed by atoms with Gasteiger partial charge in [-0.05, 0) is 13.8 Å². The first kappa shape index (κ1) is 17.4. The van der Waals surface area contributed by atoms with E-state index in [2.05, 4.69) is 30.7 Å². The minimum Gasteiger partial charge on any atom is -0.401 e. The third kappa shape index (κ3) is 6.22. The maximum absolute atomic E-state index is 12.2. The predicted octanol–water partition coefficient (Wildman–Crippen LogP) is 3.93. The summed E-state index contributed by atoms with van der Waals surface area (Å²) < 4.78 is 27.5. The Morgan fingerprint density at radius 1 is 1.15 bits per heavy atom. The number of thioether (sulfide) groups is 1. The Labute approximate surface area is 124 Å². The summed E-state index contributed by atoms with van der Waals surface area (Å²) in [5.74, 6) is 0.258. The number of aromatic nitrogens is 2. The van der Waals surface area contributed by atoms with E-state index < -0.39 is 7.82 Å². The molecule has 0 amide bonds. The van der Waals surface area contributed by atoms with Crippen LogP contribution < -0.4 is 4.52 Å². The molecule has 0 aromatic carbocycles. The van der Waals surface area contributed by atoms with E-state index >= 15 is 0 Å².